The van der Waals surface area contributed by atoms with E-state index in [1.165, 1.54) is 12.3 Å². The second-order valence-electron chi connectivity index (χ2n) is 7.01. The Balaban J connectivity index is 1.39. The van der Waals surface area contributed by atoms with Gasteiger partial charge in [0.25, 0.3) is 5.91 Å². The van der Waals surface area contributed by atoms with Gasteiger partial charge in [-0.25, -0.2) is 4.39 Å². The van der Waals surface area contributed by atoms with Gasteiger partial charge >= 0.3 is 0 Å². The average Bonchev–Trinajstić information content (AvgIpc) is 3.23. The van der Waals surface area contributed by atoms with Crippen molar-refractivity contribution in [2.75, 3.05) is 5.32 Å². The maximum absolute atomic E-state index is 13.8. The molecule has 0 aliphatic rings. The quantitative estimate of drug-likeness (QED) is 0.350. The van der Waals surface area contributed by atoms with Crippen molar-refractivity contribution in [1.29, 1.82) is 0 Å². The minimum Gasteiger partial charge on any atom is -0.487 e. The van der Waals surface area contributed by atoms with E-state index in [0.29, 0.717) is 32.6 Å². The second-order valence-corrected chi connectivity index (χ2v) is 7.80. The lowest BCUT2D eigenvalue weighted by atomic mass is 10.1. The highest BCUT2D eigenvalue weighted by Gasteiger charge is 2.11. The molecule has 1 N–H and O–H groups in total. The molecule has 0 aliphatic carbocycles. The topological polar surface area (TPSA) is 56.2 Å². The Morgan fingerprint density at radius 3 is 2.72 bits per heavy atom. The van der Waals surface area contributed by atoms with E-state index in [0.717, 1.165) is 5.56 Å². The number of nitrogens with one attached hydrogen (secondary N) is 1. The summed E-state index contributed by atoms with van der Waals surface area (Å²) < 4.78 is 21.1. The van der Waals surface area contributed by atoms with Crippen molar-refractivity contribution >= 4 is 34.8 Å². The van der Waals surface area contributed by atoms with Gasteiger partial charge in [0.15, 0.2) is 0 Å². The van der Waals surface area contributed by atoms with Gasteiger partial charge in [0.2, 0.25) is 0 Å². The van der Waals surface area contributed by atoms with Gasteiger partial charge in [0.05, 0.1) is 23.5 Å². The van der Waals surface area contributed by atoms with Crippen molar-refractivity contribution in [3.8, 4) is 5.75 Å². The zero-order chi connectivity index (χ0) is 22.5. The largest absolute Gasteiger partial charge is 0.487 e. The first-order valence-electron chi connectivity index (χ1n) is 9.72. The number of hydrogen-bond donors (Lipinski definition) is 1. The van der Waals surface area contributed by atoms with Crippen LogP contribution in [0.3, 0.4) is 0 Å². The second kappa shape index (κ2) is 9.85. The number of halogens is 3. The molecule has 0 saturated carbocycles. The third-order valence-electron chi connectivity index (χ3n) is 4.68. The molecule has 4 aromatic rings. The lowest BCUT2D eigenvalue weighted by molar-refractivity contribution is 0.102. The van der Waals surface area contributed by atoms with Crippen LogP contribution in [0.15, 0.2) is 79.1 Å². The van der Waals surface area contributed by atoms with Crippen LogP contribution in [0.5, 0.6) is 5.75 Å². The monoisotopic (exact) mass is 469 g/mol. The number of hydrogen-bond acceptors (Lipinski definition) is 3. The van der Waals surface area contributed by atoms with E-state index in [9.17, 15) is 9.18 Å². The van der Waals surface area contributed by atoms with Gasteiger partial charge in [-0.1, -0.05) is 59.6 Å². The molecule has 1 heterocycles. The molecule has 0 aliphatic heterocycles. The van der Waals surface area contributed by atoms with E-state index < -0.39 is 0 Å². The van der Waals surface area contributed by atoms with Gasteiger partial charge in [-0.2, -0.15) is 5.10 Å². The van der Waals surface area contributed by atoms with E-state index in [1.54, 1.807) is 65.5 Å². The Hall–Kier alpha value is -3.35. The summed E-state index contributed by atoms with van der Waals surface area (Å²) in [6.45, 7) is 0.489. The summed E-state index contributed by atoms with van der Waals surface area (Å²) >= 11 is 12.1. The van der Waals surface area contributed by atoms with E-state index in [1.807, 2.05) is 6.07 Å². The van der Waals surface area contributed by atoms with Crippen molar-refractivity contribution in [1.82, 2.24) is 9.78 Å². The SMILES string of the molecule is O=C(Nc1cnn(Cc2ccccc2F)c1)c1cccc(COc2cccc(Cl)c2Cl)c1. The molecule has 0 saturated heterocycles. The molecule has 1 amide bonds. The summed E-state index contributed by atoms with van der Waals surface area (Å²) in [5.74, 6) is -0.124. The zero-order valence-electron chi connectivity index (χ0n) is 16.8. The van der Waals surface area contributed by atoms with Crippen LogP contribution in [-0.2, 0) is 13.2 Å². The number of aromatic nitrogens is 2. The molecule has 0 bridgehead atoms. The number of amides is 1. The van der Waals surface area contributed by atoms with Crippen molar-refractivity contribution in [3.63, 3.8) is 0 Å². The molecule has 32 heavy (non-hydrogen) atoms. The molecule has 1 aromatic heterocycles. The Morgan fingerprint density at radius 1 is 1.06 bits per heavy atom. The predicted molar refractivity (Wildman–Crippen MR) is 123 cm³/mol. The van der Waals surface area contributed by atoms with Crippen LogP contribution in [0.1, 0.15) is 21.5 Å². The summed E-state index contributed by atoms with van der Waals surface area (Å²) in [5.41, 5.74) is 2.29. The molecule has 0 atom stereocenters. The van der Waals surface area contributed by atoms with E-state index in [2.05, 4.69) is 10.4 Å². The summed E-state index contributed by atoms with van der Waals surface area (Å²) in [6.07, 6.45) is 3.17. The van der Waals surface area contributed by atoms with Crippen molar-refractivity contribution in [3.05, 3.63) is 112 Å². The summed E-state index contributed by atoms with van der Waals surface area (Å²) in [6, 6.07) is 18.7. The van der Waals surface area contributed by atoms with Crippen molar-refractivity contribution in [2.45, 2.75) is 13.2 Å². The number of nitrogens with zero attached hydrogens (tertiary/aromatic N) is 2. The molecule has 162 valence electrons. The number of rotatable bonds is 7. The number of carbonyl (C=O) groups is 1. The van der Waals surface area contributed by atoms with Gasteiger partial charge in [0.1, 0.15) is 23.2 Å². The molecular weight excluding hydrogens is 452 g/mol. The highest BCUT2D eigenvalue weighted by Crippen LogP contribution is 2.32. The third kappa shape index (κ3) is 5.28. The lowest BCUT2D eigenvalue weighted by Crippen LogP contribution is -2.12. The average molecular weight is 470 g/mol. The van der Waals surface area contributed by atoms with E-state index in [4.69, 9.17) is 27.9 Å². The molecule has 0 spiro atoms. The summed E-state index contributed by atoms with van der Waals surface area (Å²) in [4.78, 5) is 12.7. The van der Waals surface area contributed by atoms with Crippen LogP contribution in [0.4, 0.5) is 10.1 Å². The maximum atomic E-state index is 13.8. The van der Waals surface area contributed by atoms with Crippen LogP contribution in [0, 0.1) is 5.82 Å². The number of anilines is 1. The molecule has 0 fully saturated rings. The molecule has 4 rings (SSSR count). The standard InChI is InChI=1S/C24H18Cl2FN3O2/c25-20-8-4-10-22(23(20)26)32-15-16-5-3-7-17(11-16)24(31)29-19-12-28-30(14-19)13-18-6-1-2-9-21(18)27/h1-12,14H,13,15H2,(H,29,31). The first kappa shape index (κ1) is 21.9. The number of carbonyl (C=O) groups excluding carboxylic acids is 1. The highest BCUT2D eigenvalue weighted by atomic mass is 35.5. The van der Waals surface area contributed by atoms with Crippen LogP contribution in [0.25, 0.3) is 0 Å². The predicted octanol–water partition coefficient (Wildman–Crippen LogP) is 6.21. The molecule has 0 radical (unpaired) electrons. The minimum atomic E-state index is -0.299. The normalized spacial score (nSPS) is 10.7. The first-order chi connectivity index (χ1) is 15.5. The van der Waals surface area contributed by atoms with Gasteiger partial charge in [-0.15, -0.1) is 0 Å². The fraction of sp³-hybridized carbons (Fsp3) is 0.0833. The van der Waals surface area contributed by atoms with Crippen molar-refractivity contribution in [2.24, 2.45) is 0 Å². The smallest absolute Gasteiger partial charge is 0.255 e. The zero-order valence-corrected chi connectivity index (χ0v) is 18.3. The van der Waals surface area contributed by atoms with Crippen LogP contribution in [0.2, 0.25) is 10.0 Å². The van der Waals surface area contributed by atoms with Crippen LogP contribution < -0.4 is 10.1 Å². The fourth-order valence-electron chi connectivity index (χ4n) is 3.08. The molecule has 5 nitrogen and oxygen atoms in total. The molecule has 0 unspecified atom stereocenters. The number of ether oxygens (including phenoxy) is 1. The minimum absolute atomic E-state index is 0.224. The third-order valence-corrected chi connectivity index (χ3v) is 5.48. The van der Waals surface area contributed by atoms with Gasteiger partial charge < -0.3 is 10.1 Å². The molecule has 8 heteroatoms. The Morgan fingerprint density at radius 2 is 1.88 bits per heavy atom. The van der Waals surface area contributed by atoms with Crippen LogP contribution in [-0.4, -0.2) is 15.7 Å². The molecule has 3 aromatic carbocycles. The van der Waals surface area contributed by atoms with Gasteiger partial charge in [-0.3, -0.25) is 9.48 Å². The van der Waals surface area contributed by atoms with Crippen molar-refractivity contribution < 1.29 is 13.9 Å². The first-order valence-corrected chi connectivity index (χ1v) is 10.5. The highest BCUT2D eigenvalue weighted by molar-refractivity contribution is 6.42. The summed E-state index contributed by atoms with van der Waals surface area (Å²) in [5, 5.41) is 7.74. The Bertz CT molecular complexity index is 1260. The molecular formula is C24H18Cl2FN3O2. The maximum Gasteiger partial charge on any atom is 0.255 e. The van der Waals surface area contributed by atoms with Gasteiger partial charge in [-0.05, 0) is 35.9 Å². The Labute approximate surface area is 194 Å². The number of benzene rings is 3. The van der Waals surface area contributed by atoms with Crippen LogP contribution >= 0.6 is 23.2 Å². The van der Waals surface area contributed by atoms with E-state index in [-0.39, 0.29) is 24.9 Å². The Kier molecular flexibility index (Phi) is 6.73. The summed E-state index contributed by atoms with van der Waals surface area (Å²) in [7, 11) is 0. The van der Waals surface area contributed by atoms with Gasteiger partial charge in [0, 0.05) is 17.3 Å². The fourth-order valence-corrected chi connectivity index (χ4v) is 3.42. The van der Waals surface area contributed by atoms with E-state index >= 15 is 0 Å². The lowest BCUT2D eigenvalue weighted by Gasteiger charge is -2.10.